The van der Waals surface area contributed by atoms with Crippen LogP contribution >= 0.6 is 11.9 Å². The molecule has 1 aromatic carbocycles. The number of nitrogens with zero attached hydrogens (tertiary/aromatic N) is 4. The number of nitrogens with one attached hydrogen (secondary N) is 2. The van der Waals surface area contributed by atoms with E-state index in [9.17, 15) is 0 Å². The van der Waals surface area contributed by atoms with E-state index in [-0.39, 0.29) is 0 Å². The summed E-state index contributed by atoms with van der Waals surface area (Å²) in [6, 6.07) is 10.2. The molecule has 4 aromatic rings. The van der Waals surface area contributed by atoms with E-state index >= 15 is 0 Å². The normalized spacial score (nSPS) is 11.1. The minimum absolute atomic E-state index is 0.916. The van der Waals surface area contributed by atoms with Crippen molar-refractivity contribution < 1.29 is 0 Å². The molecule has 0 aliphatic rings. The van der Waals surface area contributed by atoms with Gasteiger partial charge in [0.25, 0.3) is 0 Å². The summed E-state index contributed by atoms with van der Waals surface area (Å²) in [7, 11) is 1.95. The first-order valence-electron chi connectivity index (χ1n) is 7.52. The number of H-pyrrole nitrogens is 1. The van der Waals surface area contributed by atoms with Crippen LogP contribution in [0.2, 0.25) is 0 Å². The average molecular weight is 336 g/mol. The lowest BCUT2D eigenvalue weighted by Gasteiger charge is -2.08. The molecule has 120 valence electrons. The fourth-order valence-corrected chi connectivity index (χ4v) is 3.27. The standard InChI is InChI=1S/C17H16N6S/c1-11-14(10-19-21-11)15-7-6-13(9-18-15)24-22-16-5-3-4-12-8-20-23(2)17(12)16/h3-10,22H,1-2H3,(H,19,21). The molecule has 0 saturated carbocycles. The molecule has 24 heavy (non-hydrogen) atoms. The first-order chi connectivity index (χ1) is 11.7. The lowest BCUT2D eigenvalue weighted by molar-refractivity contribution is 0.798. The Bertz CT molecular complexity index is 986. The van der Waals surface area contributed by atoms with Gasteiger partial charge in [0, 0.05) is 34.8 Å². The van der Waals surface area contributed by atoms with Crippen molar-refractivity contribution in [2.75, 3.05) is 4.72 Å². The van der Waals surface area contributed by atoms with E-state index in [1.54, 1.807) is 6.20 Å². The van der Waals surface area contributed by atoms with Crippen LogP contribution in [-0.2, 0) is 7.05 Å². The van der Waals surface area contributed by atoms with Gasteiger partial charge in [-0.15, -0.1) is 0 Å². The maximum absolute atomic E-state index is 4.53. The number of aryl methyl sites for hydroxylation is 2. The zero-order valence-corrected chi connectivity index (χ0v) is 14.1. The smallest absolute Gasteiger partial charge is 0.0918 e. The van der Waals surface area contributed by atoms with Crippen molar-refractivity contribution in [1.82, 2.24) is 25.0 Å². The number of pyridine rings is 1. The maximum atomic E-state index is 4.53. The molecule has 3 aromatic heterocycles. The highest BCUT2D eigenvalue weighted by Crippen LogP contribution is 2.28. The zero-order valence-electron chi connectivity index (χ0n) is 13.3. The van der Waals surface area contributed by atoms with E-state index in [1.807, 2.05) is 49.2 Å². The van der Waals surface area contributed by atoms with Crippen molar-refractivity contribution in [3.8, 4) is 11.3 Å². The molecule has 2 N–H and O–H groups in total. The van der Waals surface area contributed by atoms with Gasteiger partial charge in [-0.2, -0.15) is 10.2 Å². The number of fused-ring (bicyclic) bond motifs is 1. The van der Waals surface area contributed by atoms with Gasteiger partial charge >= 0.3 is 0 Å². The van der Waals surface area contributed by atoms with Crippen molar-refractivity contribution in [1.29, 1.82) is 0 Å². The minimum atomic E-state index is 0.916. The Labute approximate surface area is 143 Å². The molecule has 0 unspecified atom stereocenters. The molecular weight excluding hydrogens is 320 g/mol. The molecule has 0 spiro atoms. The summed E-state index contributed by atoms with van der Waals surface area (Å²) in [4.78, 5) is 5.57. The number of rotatable bonds is 4. The molecule has 4 rings (SSSR count). The molecule has 0 bridgehead atoms. The zero-order chi connectivity index (χ0) is 16.5. The summed E-state index contributed by atoms with van der Waals surface area (Å²) < 4.78 is 5.27. The quantitative estimate of drug-likeness (QED) is 0.555. The fraction of sp³-hybridized carbons (Fsp3) is 0.118. The molecule has 0 radical (unpaired) electrons. The van der Waals surface area contributed by atoms with Crippen LogP contribution in [0.15, 0.2) is 53.8 Å². The SMILES string of the molecule is Cc1[nH]ncc1-c1ccc(SNc2cccc3cnn(C)c23)cn1. The minimum Gasteiger partial charge on any atom is -0.324 e. The van der Waals surface area contributed by atoms with E-state index in [0.717, 1.165) is 38.4 Å². The fourth-order valence-electron chi connectivity index (χ4n) is 2.64. The second kappa shape index (κ2) is 6.01. The summed E-state index contributed by atoms with van der Waals surface area (Å²) in [5.41, 5.74) is 5.08. The van der Waals surface area contributed by atoms with E-state index in [4.69, 9.17) is 0 Å². The first kappa shape index (κ1) is 14.8. The first-order valence-corrected chi connectivity index (χ1v) is 8.34. The molecule has 0 aliphatic carbocycles. The number of para-hydroxylation sites is 1. The van der Waals surface area contributed by atoms with Crippen LogP contribution in [0.4, 0.5) is 5.69 Å². The number of anilines is 1. The topological polar surface area (TPSA) is 71.4 Å². The van der Waals surface area contributed by atoms with Gasteiger partial charge < -0.3 is 4.72 Å². The summed E-state index contributed by atoms with van der Waals surface area (Å²) in [6.45, 7) is 1.99. The van der Waals surface area contributed by atoms with E-state index < -0.39 is 0 Å². The lowest BCUT2D eigenvalue weighted by Crippen LogP contribution is -1.94. The lowest BCUT2D eigenvalue weighted by atomic mass is 10.2. The van der Waals surface area contributed by atoms with Gasteiger partial charge in [0.1, 0.15) is 0 Å². The van der Waals surface area contributed by atoms with Gasteiger partial charge in [-0.1, -0.05) is 12.1 Å². The summed E-state index contributed by atoms with van der Waals surface area (Å²) in [6.07, 6.45) is 5.53. The third-order valence-electron chi connectivity index (χ3n) is 3.88. The van der Waals surface area contributed by atoms with Crippen LogP contribution in [0.5, 0.6) is 0 Å². The third-order valence-corrected chi connectivity index (χ3v) is 4.68. The molecule has 0 saturated heterocycles. The van der Waals surface area contributed by atoms with Crippen LogP contribution in [0.3, 0.4) is 0 Å². The Balaban J connectivity index is 1.53. The number of aromatic nitrogens is 5. The van der Waals surface area contributed by atoms with Gasteiger partial charge in [0.2, 0.25) is 0 Å². The van der Waals surface area contributed by atoms with Crippen LogP contribution < -0.4 is 4.72 Å². The van der Waals surface area contributed by atoms with Gasteiger partial charge in [0.05, 0.1) is 29.3 Å². The van der Waals surface area contributed by atoms with E-state index in [1.165, 1.54) is 11.9 Å². The van der Waals surface area contributed by atoms with Gasteiger partial charge in [-0.25, -0.2) is 0 Å². The Morgan fingerprint density at radius 2 is 2.04 bits per heavy atom. The second-order valence-corrected chi connectivity index (χ2v) is 6.38. The van der Waals surface area contributed by atoms with Gasteiger partial charge in [-0.05, 0) is 37.1 Å². The monoisotopic (exact) mass is 336 g/mol. The predicted molar refractivity (Wildman–Crippen MR) is 96.7 cm³/mol. The van der Waals surface area contributed by atoms with Crippen molar-refractivity contribution in [3.63, 3.8) is 0 Å². The van der Waals surface area contributed by atoms with Crippen molar-refractivity contribution in [2.24, 2.45) is 7.05 Å². The Morgan fingerprint density at radius 3 is 2.79 bits per heavy atom. The molecule has 0 fully saturated rings. The van der Waals surface area contributed by atoms with Crippen LogP contribution in [0.1, 0.15) is 5.69 Å². The Morgan fingerprint density at radius 1 is 1.12 bits per heavy atom. The highest BCUT2D eigenvalue weighted by molar-refractivity contribution is 8.00. The largest absolute Gasteiger partial charge is 0.324 e. The molecule has 3 heterocycles. The van der Waals surface area contributed by atoms with Gasteiger partial charge in [-0.3, -0.25) is 14.8 Å². The predicted octanol–water partition coefficient (Wildman–Crippen LogP) is 3.79. The highest BCUT2D eigenvalue weighted by atomic mass is 32.2. The Kier molecular flexibility index (Phi) is 3.70. The summed E-state index contributed by atoms with van der Waals surface area (Å²) >= 11 is 1.53. The van der Waals surface area contributed by atoms with E-state index in [2.05, 4.69) is 37.1 Å². The van der Waals surface area contributed by atoms with Gasteiger partial charge in [0.15, 0.2) is 0 Å². The Hall–Kier alpha value is -2.80. The highest BCUT2D eigenvalue weighted by Gasteiger charge is 2.07. The van der Waals surface area contributed by atoms with E-state index in [0.29, 0.717) is 0 Å². The molecule has 0 amide bonds. The summed E-state index contributed by atoms with van der Waals surface area (Å²) in [5, 5.41) is 12.4. The van der Waals surface area contributed by atoms with Crippen molar-refractivity contribution >= 4 is 28.5 Å². The molecule has 7 heteroatoms. The maximum Gasteiger partial charge on any atom is 0.0918 e. The number of benzene rings is 1. The van der Waals surface area contributed by atoms with Crippen molar-refractivity contribution in [3.05, 3.63) is 54.6 Å². The average Bonchev–Trinajstić information content (AvgIpc) is 3.20. The molecule has 0 atom stereocenters. The number of hydrogen-bond donors (Lipinski definition) is 2. The van der Waals surface area contributed by atoms with Crippen LogP contribution in [0, 0.1) is 6.92 Å². The van der Waals surface area contributed by atoms with Crippen LogP contribution in [0.25, 0.3) is 22.2 Å². The molecule has 6 nitrogen and oxygen atoms in total. The van der Waals surface area contributed by atoms with Crippen LogP contribution in [-0.4, -0.2) is 25.0 Å². The number of hydrogen-bond acceptors (Lipinski definition) is 5. The second-order valence-electron chi connectivity index (χ2n) is 5.50. The third kappa shape index (κ3) is 2.63. The number of aromatic amines is 1. The van der Waals surface area contributed by atoms with Crippen molar-refractivity contribution in [2.45, 2.75) is 11.8 Å². The summed E-state index contributed by atoms with van der Waals surface area (Å²) in [5.74, 6) is 0. The molecule has 0 aliphatic heterocycles. The molecular formula is C17H16N6S.